The largest absolute Gasteiger partial charge is 0.310 e. The fourth-order valence-corrected chi connectivity index (χ4v) is 6.21. The molecule has 0 spiro atoms. The number of anilines is 3. The second-order valence-corrected chi connectivity index (χ2v) is 10.4. The van der Waals surface area contributed by atoms with Gasteiger partial charge in [-0.15, -0.1) is 0 Å². The predicted molar refractivity (Wildman–Crippen MR) is 172 cm³/mol. The van der Waals surface area contributed by atoms with E-state index in [0.717, 1.165) is 28.3 Å². The van der Waals surface area contributed by atoms with Crippen molar-refractivity contribution in [3.8, 4) is 44.6 Å². The number of rotatable bonds is 5. The fourth-order valence-electron chi connectivity index (χ4n) is 6.21. The summed E-state index contributed by atoms with van der Waals surface area (Å²) < 4.78 is 0. The van der Waals surface area contributed by atoms with Crippen LogP contribution in [-0.2, 0) is 0 Å². The van der Waals surface area contributed by atoms with E-state index in [0.29, 0.717) is 0 Å². The van der Waals surface area contributed by atoms with Crippen molar-refractivity contribution in [3.05, 3.63) is 158 Å². The summed E-state index contributed by atoms with van der Waals surface area (Å²) in [5.41, 5.74) is 13.2. The van der Waals surface area contributed by atoms with E-state index in [1.165, 1.54) is 44.2 Å². The third kappa shape index (κ3) is 3.92. The molecule has 192 valence electrons. The summed E-state index contributed by atoms with van der Waals surface area (Å²) in [6.07, 6.45) is 1.84. The second-order valence-electron chi connectivity index (χ2n) is 10.4. The molecule has 0 atom stereocenters. The molecular weight excluding hydrogens is 496 g/mol. The zero-order valence-electron chi connectivity index (χ0n) is 22.4. The lowest BCUT2D eigenvalue weighted by molar-refractivity contribution is 1.28. The van der Waals surface area contributed by atoms with Crippen molar-refractivity contribution < 1.29 is 0 Å². The van der Waals surface area contributed by atoms with Gasteiger partial charge in [0.25, 0.3) is 0 Å². The van der Waals surface area contributed by atoms with Crippen LogP contribution in [0.1, 0.15) is 0 Å². The summed E-state index contributed by atoms with van der Waals surface area (Å²) >= 11 is 0. The minimum Gasteiger partial charge on any atom is -0.310 e. The molecule has 7 aromatic rings. The van der Waals surface area contributed by atoms with Gasteiger partial charge in [-0.25, -0.2) is 0 Å². The highest BCUT2D eigenvalue weighted by Crippen LogP contribution is 2.49. The van der Waals surface area contributed by atoms with Gasteiger partial charge in [-0.05, 0) is 92.7 Å². The van der Waals surface area contributed by atoms with E-state index in [1.807, 2.05) is 24.4 Å². The smallest absolute Gasteiger partial charge is 0.0701 e. The van der Waals surface area contributed by atoms with E-state index in [1.54, 1.807) is 0 Å². The number of benzene rings is 6. The van der Waals surface area contributed by atoms with Crippen LogP contribution in [0, 0.1) is 0 Å². The second kappa shape index (κ2) is 9.62. The molecule has 0 bridgehead atoms. The standard InChI is InChI=1S/C39H26N2/c1-2-11-29(12-3-1)41(30-21-19-27(20-22-30)38-18-6-7-25-40-38)31-13-8-10-28(26-31)32-23-24-37-34-15-5-4-14-33(34)36-17-9-16-35(32)39(36)37/h1-26H. The van der Waals surface area contributed by atoms with E-state index in [2.05, 4.69) is 143 Å². The zero-order valence-corrected chi connectivity index (χ0v) is 22.4. The molecule has 0 aliphatic heterocycles. The average molecular weight is 523 g/mol. The molecule has 0 saturated heterocycles. The number of fused-ring (bicyclic) bond motifs is 3. The maximum atomic E-state index is 4.53. The normalized spacial score (nSPS) is 11.4. The Bertz CT molecular complexity index is 2000. The lowest BCUT2D eigenvalue weighted by Gasteiger charge is -2.26. The first-order chi connectivity index (χ1) is 20.3. The number of pyridine rings is 1. The van der Waals surface area contributed by atoms with Crippen molar-refractivity contribution in [2.24, 2.45) is 0 Å². The predicted octanol–water partition coefficient (Wildman–Crippen LogP) is 10.7. The highest BCUT2D eigenvalue weighted by atomic mass is 15.1. The van der Waals surface area contributed by atoms with E-state index in [9.17, 15) is 0 Å². The van der Waals surface area contributed by atoms with Crippen LogP contribution in [0.25, 0.3) is 55.4 Å². The molecule has 1 aliphatic rings. The first-order valence-corrected chi connectivity index (χ1v) is 14.0. The molecule has 0 unspecified atom stereocenters. The van der Waals surface area contributed by atoms with Gasteiger partial charge in [0, 0.05) is 28.8 Å². The van der Waals surface area contributed by atoms with Gasteiger partial charge < -0.3 is 4.90 Å². The van der Waals surface area contributed by atoms with Crippen LogP contribution in [0.4, 0.5) is 17.1 Å². The summed E-state index contributed by atoms with van der Waals surface area (Å²) in [7, 11) is 0. The zero-order chi connectivity index (χ0) is 27.2. The van der Waals surface area contributed by atoms with Crippen molar-refractivity contribution in [2.75, 3.05) is 4.90 Å². The van der Waals surface area contributed by atoms with Gasteiger partial charge >= 0.3 is 0 Å². The van der Waals surface area contributed by atoms with Gasteiger partial charge in [-0.3, -0.25) is 4.98 Å². The average Bonchev–Trinajstić information content (AvgIpc) is 3.38. The van der Waals surface area contributed by atoms with Crippen LogP contribution < -0.4 is 4.90 Å². The van der Waals surface area contributed by atoms with Gasteiger partial charge in [0.15, 0.2) is 0 Å². The monoisotopic (exact) mass is 522 g/mol. The Hall–Kier alpha value is -5.47. The van der Waals surface area contributed by atoms with Crippen molar-refractivity contribution in [2.45, 2.75) is 0 Å². The third-order valence-corrected chi connectivity index (χ3v) is 8.06. The van der Waals surface area contributed by atoms with Gasteiger partial charge in [0.05, 0.1) is 5.69 Å². The van der Waals surface area contributed by atoms with E-state index in [-0.39, 0.29) is 0 Å². The molecule has 0 N–H and O–H groups in total. The topological polar surface area (TPSA) is 16.1 Å². The van der Waals surface area contributed by atoms with Crippen LogP contribution in [0.2, 0.25) is 0 Å². The SMILES string of the molecule is c1ccc(N(c2ccc(-c3ccccn3)cc2)c2cccc(-c3ccc4c5c(cccc35)-c3ccccc3-4)c2)cc1. The number of hydrogen-bond donors (Lipinski definition) is 0. The Morgan fingerprint density at radius 3 is 1.80 bits per heavy atom. The van der Waals surface area contributed by atoms with Gasteiger partial charge in [0.2, 0.25) is 0 Å². The number of nitrogens with zero attached hydrogens (tertiary/aromatic N) is 2. The molecule has 0 radical (unpaired) electrons. The van der Waals surface area contributed by atoms with Crippen molar-refractivity contribution >= 4 is 27.8 Å². The summed E-state index contributed by atoms with van der Waals surface area (Å²) in [4.78, 5) is 6.85. The quantitative estimate of drug-likeness (QED) is 0.223. The van der Waals surface area contributed by atoms with Gasteiger partial charge in [0.1, 0.15) is 0 Å². The van der Waals surface area contributed by atoms with Crippen molar-refractivity contribution in [1.29, 1.82) is 0 Å². The Labute approximate surface area is 239 Å². The lowest BCUT2D eigenvalue weighted by atomic mass is 9.94. The van der Waals surface area contributed by atoms with Crippen LogP contribution in [0.15, 0.2) is 158 Å². The summed E-state index contributed by atoms with van der Waals surface area (Å²) in [6, 6.07) is 54.2. The first-order valence-electron chi connectivity index (χ1n) is 14.0. The van der Waals surface area contributed by atoms with Crippen LogP contribution in [0.5, 0.6) is 0 Å². The Kier molecular flexibility index (Phi) is 5.49. The summed E-state index contributed by atoms with van der Waals surface area (Å²) in [6.45, 7) is 0. The van der Waals surface area contributed by atoms with E-state index < -0.39 is 0 Å². The molecule has 1 aliphatic carbocycles. The van der Waals surface area contributed by atoms with Crippen molar-refractivity contribution in [1.82, 2.24) is 4.98 Å². The number of para-hydroxylation sites is 1. The van der Waals surface area contributed by atoms with E-state index >= 15 is 0 Å². The molecule has 6 aromatic carbocycles. The highest BCUT2D eigenvalue weighted by Gasteiger charge is 2.22. The number of aromatic nitrogens is 1. The molecule has 41 heavy (non-hydrogen) atoms. The van der Waals surface area contributed by atoms with Gasteiger partial charge in [-0.1, -0.05) is 103 Å². The van der Waals surface area contributed by atoms with Crippen LogP contribution >= 0.6 is 0 Å². The Balaban J connectivity index is 1.25. The molecule has 0 fully saturated rings. The molecule has 2 heteroatoms. The minimum absolute atomic E-state index is 0.974. The number of hydrogen-bond acceptors (Lipinski definition) is 2. The Morgan fingerprint density at radius 1 is 0.390 bits per heavy atom. The molecule has 8 rings (SSSR count). The molecule has 0 amide bonds. The molecule has 1 aromatic heterocycles. The Morgan fingerprint density at radius 2 is 1.02 bits per heavy atom. The van der Waals surface area contributed by atoms with Crippen molar-refractivity contribution in [3.63, 3.8) is 0 Å². The van der Waals surface area contributed by atoms with E-state index in [4.69, 9.17) is 0 Å². The lowest BCUT2D eigenvalue weighted by Crippen LogP contribution is -2.09. The maximum absolute atomic E-state index is 4.53. The van der Waals surface area contributed by atoms with Crippen LogP contribution in [0.3, 0.4) is 0 Å². The first kappa shape index (κ1) is 23.4. The highest BCUT2D eigenvalue weighted by molar-refractivity contribution is 6.18. The molecule has 2 nitrogen and oxygen atoms in total. The molecular formula is C39H26N2. The fraction of sp³-hybridized carbons (Fsp3) is 0. The maximum Gasteiger partial charge on any atom is 0.0701 e. The summed E-state index contributed by atoms with van der Waals surface area (Å²) in [5, 5.41) is 2.64. The summed E-state index contributed by atoms with van der Waals surface area (Å²) in [5.74, 6) is 0. The molecule has 1 heterocycles. The minimum atomic E-state index is 0.974. The van der Waals surface area contributed by atoms with Crippen LogP contribution in [-0.4, -0.2) is 4.98 Å². The van der Waals surface area contributed by atoms with Gasteiger partial charge in [-0.2, -0.15) is 0 Å². The molecule has 0 saturated carbocycles. The third-order valence-electron chi connectivity index (χ3n) is 8.06.